The lowest BCUT2D eigenvalue weighted by molar-refractivity contribution is 0.140. The zero-order valence-electron chi connectivity index (χ0n) is 21.5. The van der Waals surface area contributed by atoms with Crippen LogP contribution >= 0.6 is 0 Å². The third kappa shape index (κ3) is 8.88. The van der Waals surface area contributed by atoms with Gasteiger partial charge in [0.25, 0.3) is 7.28 Å². The Hall–Kier alpha value is -2.76. The van der Waals surface area contributed by atoms with Crippen molar-refractivity contribution in [2.75, 3.05) is 0 Å². The van der Waals surface area contributed by atoms with Gasteiger partial charge in [-0.1, -0.05) is 69.4 Å². The number of allylic oxidation sites excluding steroid dienone is 1. The van der Waals surface area contributed by atoms with Crippen LogP contribution in [0.25, 0.3) is 6.08 Å². The first-order chi connectivity index (χ1) is 16.3. The van der Waals surface area contributed by atoms with Crippen molar-refractivity contribution >= 4 is 19.2 Å². The van der Waals surface area contributed by atoms with E-state index in [-0.39, 0.29) is 18.6 Å². The van der Waals surface area contributed by atoms with Crippen molar-refractivity contribution < 1.29 is 14.3 Å². The quantitative estimate of drug-likeness (QED) is 0.119. The van der Waals surface area contributed by atoms with Crippen molar-refractivity contribution in [1.29, 1.82) is 0 Å². The summed E-state index contributed by atoms with van der Waals surface area (Å²) in [5.41, 5.74) is 4.20. The number of hydrogen-bond donors (Lipinski definition) is 0. The van der Waals surface area contributed by atoms with E-state index in [1.807, 2.05) is 50.3 Å². The molecular formula is C28H40BN2O3. The van der Waals surface area contributed by atoms with Crippen molar-refractivity contribution in [3.05, 3.63) is 71.3 Å². The molecule has 1 aromatic heterocycles. The van der Waals surface area contributed by atoms with E-state index in [0.29, 0.717) is 24.5 Å². The van der Waals surface area contributed by atoms with Crippen molar-refractivity contribution in [2.24, 2.45) is 0 Å². The average molecular weight is 463 g/mol. The number of unbranched alkanes of at least 4 members (excludes halogenated alkanes) is 2. The summed E-state index contributed by atoms with van der Waals surface area (Å²) in [4.78, 5) is 12.0. The molecule has 1 heterocycles. The smallest absolute Gasteiger partial charge is 0.261 e. The van der Waals surface area contributed by atoms with Crippen LogP contribution < -0.4 is 0 Å². The molecule has 0 saturated carbocycles. The second kappa shape index (κ2) is 14.5. The molecule has 0 aliphatic heterocycles. The maximum Gasteiger partial charge on any atom is 0.261 e. The van der Waals surface area contributed by atoms with E-state index in [0.717, 1.165) is 28.9 Å². The maximum absolute atomic E-state index is 12.0. The average Bonchev–Trinajstić information content (AvgIpc) is 3.11. The van der Waals surface area contributed by atoms with E-state index >= 15 is 0 Å². The molecule has 0 spiro atoms. The highest BCUT2D eigenvalue weighted by molar-refractivity contribution is 6.71. The van der Waals surface area contributed by atoms with Crippen LogP contribution in [0.3, 0.4) is 0 Å². The highest BCUT2D eigenvalue weighted by Gasteiger charge is 2.16. The van der Waals surface area contributed by atoms with Gasteiger partial charge in [0.2, 0.25) is 5.87 Å². The summed E-state index contributed by atoms with van der Waals surface area (Å²) >= 11 is 0. The Morgan fingerprint density at radius 1 is 1.18 bits per heavy atom. The maximum atomic E-state index is 12.0. The van der Waals surface area contributed by atoms with Crippen LogP contribution in [0.1, 0.15) is 81.4 Å². The van der Waals surface area contributed by atoms with Gasteiger partial charge in [0.05, 0.1) is 11.8 Å². The molecule has 2 rings (SSSR count). The van der Waals surface area contributed by atoms with Gasteiger partial charge in [-0.3, -0.25) is 9.48 Å². The lowest BCUT2D eigenvalue weighted by atomic mass is 9.73. The van der Waals surface area contributed by atoms with E-state index in [4.69, 9.17) is 14.6 Å². The molecule has 0 saturated heterocycles. The Kier molecular flexibility index (Phi) is 11.7. The van der Waals surface area contributed by atoms with Crippen molar-refractivity contribution in [2.45, 2.75) is 91.8 Å². The van der Waals surface area contributed by atoms with E-state index in [9.17, 15) is 4.79 Å². The standard InChI is InChI=1S/C28H40BN2O3/c1-7-9-11-14-21(3)31-24(6)27(23(5)30-31)19-26(8-2)34-22(4)17-18-29-28(32)33-20-25-15-12-10-13-16-25/h8,10,12-13,15-16,19,21-22H,2,7,9,11,14,17-18,20H2,1,3-6H3/b26-19+. The molecule has 2 atom stereocenters. The number of benzene rings is 1. The Morgan fingerprint density at radius 2 is 1.91 bits per heavy atom. The van der Waals surface area contributed by atoms with Crippen LogP contribution in [0.2, 0.25) is 6.32 Å². The Balaban J connectivity index is 1.86. The minimum absolute atomic E-state index is 0.0638. The molecule has 0 fully saturated rings. The zero-order chi connectivity index (χ0) is 24.9. The van der Waals surface area contributed by atoms with Gasteiger partial charge in [0, 0.05) is 17.3 Å². The van der Waals surface area contributed by atoms with Gasteiger partial charge in [-0.2, -0.15) is 5.10 Å². The fraction of sp³-hybridized carbons (Fsp3) is 0.500. The van der Waals surface area contributed by atoms with Gasteiger partial charge >= 0.3 is 0 Å². The first-order valence-corrected chi connectivity index (χ1v) is 12.5. The highest BCUT2D eigenvalue weighted by atomic mass is 16.5. The first kappa shape index (κ1) is 27.5. The Morgan fingerprint density at radius 3 is 2.59 bits per heavy atom. The van der Waals surface area contributed by atoms with Crippen molar-refractivity contribution in [3.8, 4) is 0 Å². The van der Waals surface area contributed by atoms with Crippen LogP contribution in [0.15, 0.2) is 48.7 Å². The molecule has 0 bridgehead atoms. The molecule has 0 aliphatic rings. The summed E-state index contributed by atoms with van der Waals surface area (Å²) in [6, 6.07) is 10.0. The SMILES string of the molecule is C=C/C(=C\c1c(C)nn(C(C)CCCCC)c1C)OC(C)CC[B]C(=O)OCc1ccccc1. The number of ether oxygens (including phenoxy) is 2. The molecule has 0 amide bonds. The van der Waals surface area contributed by atoms with E-state index < -0.39 is 0 Å². The molecule has 6 heteroatoms. The number of carbonyl (C=O) groups excluding carboxylic acids is 1. The summed E-state index contributed by atoms with van der Waals surface area (Å²) in [6.45, 7) is 14.8. The predicted molar refractivity (Wildman–Crippen MR) is 141 cm³/mol. The fourth-order valence-electron chi connectivity index (χ4n) is 3.92. The molecule has 0 aliphatic carbocycles. The molecule has 1 aromatic carbocycles. The number of hydrogen-bond acceptors (Lipinski definition) is 4. The number of aryl methyl sites for hydroxylation is 1. The number of nitrogens with zero attached hydrogens (tertiary/aromatic N) is 2. The zero-order valence-corrected chi connectivity index (χ0v) is 21.5. The predicted octanol–water partition coefficient (Wildman–Crippen LogP) is 7.42. The van der Waals surface area contributed by atoms with Crippen LogP contribution in [0, 0.1) is 13.8 Å². The van der Waals surface area contributed by atoms with Gasteiger partial charge in [-0.15, -0.1) is 0 Å². The third-order valence-corrected chi connectivity index (χ3v) is 5.96. The lowest BCUT2D eigenvalue weighted by Crippen LogP contribution is -2.14. The van der Waals surface area contributed by atoms with Crippen molar-refractivity contribution in [1.82, 2.24) is 9.78 Å². The van der Waals surface area contributed by atoms with E-state index in [2.05, 4.69) is 32.0 Å². The van der Waals surface area contributed by atoms with E-state index in [1.54, 1.807) is 13.4 Å². The van der Waals surface area contributed by atoms with Gasteiger partial charge in [0.15, 0.2) is 0 Å². The van der Waals surface area contributed by atoms with E-state index in [1.165, 1.54) is 19.3 Å². The molecular weight excluding hydrogens is 423 g/mol. The highest BCUT2D eigenvalue weighted by Crippen LogP contribution is 2.24. The normalized spacial score (nSPS) is 13.3. The fourth-order valence-corrected chi connectivity index (χ4v) is 3.92. The minimum atomic E-state index is -0.303. The van der Waals surface area contributed by atoms with Gasteiger partial charge in [0.1, 0.15) is 12.4 Å². The largest absolute Gasteiger partial charge is 0.491 e. The third-order valence-electron chi connectivity index (χ3n) is 5.96. The molecule has 2 unspecified atom stereocenters. The van der Waals surface area contributed by atoms with Gasteiger partial charge in [-0.25, -0.2) is 0 Å². The molecule has 2 aromatic rings. The van der Waals surface area contributed by atoms with Crippen LogP contribution in [0.4, 0.5) is 4.79 Å². The van der Waals surface area contributed by atoms with Crippen LogP contribution in [-0.2, 0) is 16.1 Å². The van der Waals surface area contributed by atoms with Crippen LogP contribution in [-0.4, -0.2) is 29.0 Å². The summed E-state index contributed by atoms with van der Waals surface area (Å²) < 4.78 is 13.5. The number of carbonyl (C=O) groups is 1. The summed E-state index contributed by atoms with van der Waals surface area (Å²) in [5, 5.41) is 4.79. The van der Waals surface area contributed by atoms with Gasteiger partial charge < -0.3 is 9.47 Å². The molecule has 5 nitrogen and oxygen atoms in total. The second-order valence-corrected chi connectivity index (χ2v) is 8.93. The molecule has 0 N–H and O–H groups in total. The topological polar surface area (TPSA) is 53.4 Å². The summed E-state index contributed by atoms with van der Waals surface area (Å²) in [5.74, 6) is 0.408. The number of rotatable bonds is 15. The van der Waals surface area contributed by atoms with Gasteiger partial charge in [-0.05, 0) is 58.3 Å². The lowest BCUT2D eigenvalue weighted by Gasteiger charge is -2.16. The molecule has 34 heavy (non-hydrogen) atoms. The van der Waals surface area contributed by atoms with Crippen LogP contribution in [0.5, 0.6) is 0 Å². The Labute approximate surface area is 206 Å². The second-order valence-electron chi connectivity index (χ2n) is 8.93. The monoisotopic (exact) mass is 463 g/mol. The summed E-state index contributed by atoms with van der Waals surface area (Å²) in [7, 11) is 1.58. The minimum Gasteiger partial charge on any atom is -0.491 e. The molecule has 183 valence electrons. The first-order valence-electron chi connectivity index (χ1n) is 12.5. The summed E-state index contributed by atoms with van der Waals surface area (Å²) in [6.07, 6.45) is 9.81. The number of aromatic nitrogens is 2. The molecule has 1 radical (unpaired) electrons. The van der Waals surface area contributed by atoms with Crippen molar-refractivity contribution in [3.63, 3.8) is 0 Å². The Bertz CT molecular complexity index is 937.